The van der Waals surface area contributed by atoms with E-state index < -0.39 is 11.2 Å². The number of esters is 1. The van der Waals surface area contributed by atoms with Crippen molar-refractivity contribution in [2.24, 2.45) is 0 Å². The van der Waals surface area contributed by atoms with Crippen molar-refractivity contribution in [3.8, 4) is 0 Å². The molecule has 1 unspecified atom stereocenters. The fraction of sp³-hybridized carbons (Fsp3) is 0.727. The topological polar surface area (TPSA) is 46.6 Å². The molecular weight excluding hydrogens is 258 g/mol. The van der Waals surface area contributed by atoms with Crippen LogP contribution >= 0.6 is 24.0 Å². The molecule has 0 aliphatic rings. The van der Waals surface area contributed by atoms with Gasteiger partial charge in [0.05, 0.1) is 6.61 Å². The van der Waals surface area contributed by atoms with Crippen LogP contribution in [0.5, 0.6) is 0 Å². The Kier molecular flexibility index (Phi) is 8.16. The highest BCUT2D eigenvalue weighted by Crippen LogP contribution is 2.18. The van der Waals surface area contributed by atoms with E-state index in [-0.39, 0.29) is 12.4 Å². The summed E-state index contributed by atoms with van der Waals surface area (Å²) < 4.78 is 5.41. The van der Waals surface area contributed by atoms with Gasteiger partial charge in [0.15, 0.2) is 11.0 Å². The fourth-order valence-electron chi connectivity index (χ4n) is 1.17. The lowest BCUT2D eigenvalue weighted by Crippen LogP contribution is -2.33. The normalized spacial score (nSPS) is 11.8. The number of nitrogens with zero attached hydrogens (tertiary/aromatic N) is 1. The summed E-state index contributed by atoms with van der Waals surface area (Å²) in [6, 6.07) is 0. The molecule has 0 saturated heterocycles. The summed E-state index contributed by atoms with van der Waals surface area (Å²) in [5.74, 6) is -0.748. The lowest BCUT2D eigenvalue weighted by Gasteiger charge is -2.22. The summed E-state index contributed by atoms with van der Waals surface area (Å²) in [4.78, 5) is 24.9. The zero-order valence-electron chi connectivity index (χ0n) is 10.7. The van der Waals surface area contributed by atoms with E-state index in [2.05, 4.69) is 0 Å². The molecule has 1 atom stereocenters. The lowest BCUT2D eigenvalue weighted by molar-refractivity contribution is -0.144. The molecule has 0 bridgehead atoms. The van der Waals surface area contributed by atoms with Crippen molar-refractivity contribution in [3.05, 3.63) is 0 Å². The van der Waals surface area contributed by atoms with Gasteiger partial charge < -0.3 is 9.64 Å². The van der Waals surface area contributed by atoms with Crippen LogP contribution in [0.4, 0.5) is 0 Å². The largest absolute Gasteiger partial charge is 0.465 e. The molecule has 0 saturated carbocycles. The first-order valence-electron chi connectivity index (χ1n) is 5.60. The Morgan fingerprint density at radius 2 is 1.82 bits per heavy atom. The molecule has 0 fully saturated rings. The molecule has 0 aliphatic carbocycles. The van der Waals surface area contributed by atoms with Crippen LogP contribution in [0.15, 0.2) is 0 Å². The first-order chi connectivity index (χ1) is 7.97. The van der Waals surface area contributed by atoms with Gasteiger partial charge in [-0.15, -0.1) is 0 Å². The van der Waals surface area contributed by atoms with E-state index in [1.807, 2.05) is 18.7 Å². The van der Waals surface area contributed by atoms with Crippen LogP contribution in [-0.2, 0) is 14.3 Å². The fourth-order valence-corrected chi connectivity index (χ4v) is 2.66. The monoisotopic (exact) mass is 277 g/mol. The Labute approximate surface area is 112 Å². The summed E-state index contributed by atoms with van der Waals surface area (Å²) >= 11 is 6.29. The van der Waals surface area contributed by atoms with E-state index in [4.69, 9.17) is 17.0 Å². The Hall–Kier alpha value is -0.620. The average molecular weight is 277 g/mol. The van der Waals surface area contributed by atoms with Crippen LogP contribution in [0, 0.1) is 0 Å². The molecule has 0 radical (unpaired) electrons. The molecule has 0 aromatic heterocycles. The van der Waals surface area contributed by atoms with E-state index in [1.54, 1.807) is 6.92 Å². The summed E-state index contributed by atoms with van der Waals surface area (Å²) in [6.45, 7) is 8.82. The molecule has 0 amide bonds. The van der Waals surface area contributed by atoms with Crippen LogP contribution < -0.4 is 0 Å². The van der Waals surface area contributed by atoms with Gasteiger partial charge in [0, 0.05) is 13.1 Å². The summed E-state index contributed by atoms with van der Waals surface area (Å²) in [6.07, 6.45) is 0. The molecule has 0 rings (SSSR count). The number of thioether (sulfide) groups is 1. The highest BCUT2D eigenvalue weighted by atomic mass is 32.2. The molecule has 0 N–H and O–H groups in total. The standard InChI is InChI=1S/C11H19NO3S2/c1-5-12(6-2)11(16)17-9(8(4)13)10(14)15-7-3/h9H,5-7H2,1-4H3. The van der Waals surface area contributed by atoms with E-state index in [0.717, 1.165) is 24.9 Å². The van der Waals surface area contributed by atoms with Gasteiger partial charge in [0.1, 0.15) is 4.32 Å². The van der Waals surface area contributed by atoms with E-state index >= 15 is 0 Å². The minimum Gasteiger partial charge on any atom is -0.465 e. The summed E-state index contributed by atoms with van der Waals surface area (Å²) in [5, 5.41) is -0.844. The van der Waals surface area contributed by atoms with Gasteiger partial charge in [-0.2, -0.15) is 0 Å². The predicted octanol–water partition coefficient (Wildman–Crippen LogP) is 1.87. The number of hydrogen-bond acceptors (Lipinski definition) is 5. The van der Waals surface area contributed by atoms with E-state index in [0.29, 0.717) is 4.32 Å². The Morgan fingerprint density at radius 1 is 1.29 bits per heavy atom. The molecule has 6 heteroatoms. The van der Waals surface area contributed by atoms with Crippen LogP contribution in [-0.4, -0.2) is 45.9 Å². The zero-order chi connectivity index (χ0) is 13.4. The van der Waals surface area contributed by atoms with Crippen molar-refractivity contribution < 1.29 is 14.3 Å². The van der Waals surface area contributed by atoms with Gasteiger partial charge in [-0.25, -0.2) is 0 Å². The molecular formula is C11H19NO3S2. The molecule has 0 heterocycles. The maximum absolute atomic E-state index is 11.6. The van der Waals surface area contributed by atoms with Crippen LogP contribution in [0.3, 0.4) is 0 Å². The van der Waals surface area contributed by atoms with Crippen molar-refractivity contribution in [1.29, 1.82) is 0 Å². The minimum atomic E-state index is -0.844. The Bertz CT molecular complexity index is 290. The number of rotatable bonds is 6. The third-order valence-corrected chi connectivity index (χ3v) is 3.88. The second kappa shape index (κ2) is 8.47. The Balaban J connectivity index is 4.60. The SMILES string of the molecule is CCOC(=O)C(SC(=S)N(CC)CC)C(C)=O. The van der Waals surface area contributed by atoms with Gasteiger partial charge in [-0.3, -0.25) is 9.59 Å². The quantitative estimate of drug-likeness (QED) is 0.419. The first-order valence-corrected chi connectivity index (χ1v) is 6.89. The zero-order valence-corrected chi connectivity index (χ0v) is 12.3. The molecule has 98 valence electrons. The van der Waals surface area contributed by atoms with Crippen molar-refractivity contribution >= 4 is 40.1 Å². The van der Waals surface area contributed by atoms with Gasteiger partial charge in [-0.1, -0.05) is 24.0 Å². The summed E-state index contributed by atoms with van der Waals surface area (Å²) in [7, 11) is 0. The second-order valence-corrected chi connectivity index (χ2v) is 5.04. The third kappa shape index (κ3) is 5.50. The van der Waals surface area contributed by atoms with Crippen LogP contribution in [0.25, 0.3) is 0 Å². The van der Waals surface area contributed by atoms with Crippen LogP contribution in [0.1, 0.15) is 27.7 Å². The number of thiocarbonyl (C=S) groups is 1. The number of hydrogen-bond donors (Lipinski definition) is 0. The number of Topliss-reactive ketones (excluding diaryl/α,β-unsaturated/α-hetero) is 1. The maximum Gasteiger partial charge on any atom is 0.327 e. The molecule has 17 heavy (non-hydrogen) atoms. The number of carbonyl (C=O) groups excluding carboxylic acids is 2. The number of ketones is 1. The average Bonchev–Trinajstić information content (AvgIpc) is 2.27. The molecule has 0 aromatic carbocycles. The summed E-state index contributed by atoms with van der Waals surface area (Å²) in [5.41, 5.74) is 0. The van der Waals surface area contributed by atoms with Crippen LogP contribution in [0.2, 0.25) is 0 Å². The van der Waals surface area contributed by atoms with E-state index in [1.165, 1.54) is 6.92 Å². The molecule has 0 aromatic rings. The van der Waals surface area contributed by atoms with Gasteiger partial charge in [-0.05, 0) is 27.7 Å². The first kappa shape index (κ1) is 16.4. The highest BCUT2D eigenvalue weighted by Gasteiger charge is 2.28. The van der Waals surface area contributed by atoms with Gasteiger partial charge >= 0.3 is 5.97 Å². The number of ether oxygens (including phenoxy) is 1. The minimum absolute atomic E-state index is 0.233. The Morgan fingerprint density at radius 3 is 2.18 bits per heavy atom. The van der Waals surface area contributed by atoms with Crippen molar-refractivity contribution in [3.63, 3.8) is 0 Å². The van der Waals surface area contributed by atoms with E-state index in [9.17, 15) is 9.59 Å². The van der Waals surface area contributed by atoms with Crippen molar-refractivity contribution in [1.82, 2.24) is 4.90 Å². The predicted molar refractivity (Wildman–Crippen MR) is 74.2 cm³/mol. The molecule has 0 aliphatic heterocycles. The molecule has 4 nitrogen and oxygen atoms in total. The van der Waals surface area contributed by atoms with Gasteiger partial charge in [0.25, 0.3) is 0 Å². The smallest absolute Gasteiger partial charge is 0.327 e. The van der Waals surface area contributed by atoms with Gasteiger partial charge in [0.2, 0.25) is 0 Å². The van der Waals surface area contributed by atoms with Crippen molar-refractivity contribution in [2.45, 2.75) is 32.9 Å². The van der Waals surface area contributed by atoms with Crippen molar-refractivity contribution in [2.75, 3.05) is 19.7 Å². The second-order valence-electron chi connectivity index (χ2n) is 3.30. The third-order valence-electron chi connectivity index (χ3n) is 2.11. The maximum atomic E-state index is 11.6. The lowest BCUT2D eigenvalue weighted by atomic mass is 10.3. The number of carbonyl (C=O) groups is 2. The molecule has 0 spiro atoms. The highest BCUT2D eigenvalue weighted by molar-refractivity contribution is 8.24.